The molecule has 168 valence electrons. The second kappa shape index (κ2) is 12.8. The van der Waals surface area contributed by atoms with Crippen LogP contribution in [-0.2, 0) is 0 Å². The van der Waals surface area contributed by atoms with Crippen molar-refractivity contribution < 1.29 is 0 Å². The van der Waals surface area contributed by atoms with Crippen molar-refractivity contribution in [3.63, 3.8) is 0 Å². The van der Waals surface area contributed by atoms with Crippen LogP contribution >= 0.6 is 23.4 Å². The number of hydrogen-bond acceptors (Lipinski definition) is 6. The van der Waals surface area contributed by atoms with Gasteiger partial charge in [-0.2, -0.15) is 5.10 Å². The number of halogens is 1. The third kappa shape index (κ3) is 7.92. The summed E-state index contributed by atoms with van der Waals surface area (Å²) >= 11 is 7.61. The normalized spacial score (nSPS) is 12.4. The predicted molar refractivity (Wildman–Crippen MR) is 139 cm³/mol. The molecule has 0 unspecified atom stereocenters. The number of hydrogen-bond donors (Lipinski definition) is 3. The van der Waals surface area contributed by atoms with Crippen molar-refractivity contribution in [3.05, 3.63) is 93.6 Å². The first kappa shape index (κ1) is 25.3. The van der Waals surface area contributed by atoms with Gasteiger partial charge in [0.05, 0.1) is 16.9 Å². The van der Waals surface area contributed by atoms with Gasteiger partial charge in [0.25, 0.3) is 0 Å². The Morgan fingerprint density at radius 3 is 2.28 bits per heavy atom. The van der Waals surface area contributed by atoms with E-state index in [9.17, 15) is 0 Å². The molecule has 6 nitrogen and oxygen atoms in total. The molecular weight excluding hydrogens is 440 g/mol. The molecule has 0 saturated heterocycles. The molecule has 2 aromatic rings. The van der Waals surface area contributed by atoms with Crippen molar-refractivity contribution in [3.8, 4) is 0 Å². The Kier molecular flexibility index (Phi) is 10.1. The van der Waals surface area contributed by atoms with Crippen LogP contribution in [-0.4, -0.2) is 43.2 Å². The molecule has 0 fully saturated rings. The van der Waals surface area contributed by atoms with Gasteiger partial charge < -0.3 is 10.2 Å². The zero-order valence-electron chi connectivity index (χ0n) is 18.7. The fourth-order valence-corrected chi connectivity index (χ4v) is 3.62. The van der Waals surface area contributed by atoms with Gasteiger partial charge in [-0.15, -0.1) is 0 Å². The van der Waals surface area contributed by atoms with Crippen LogP contribution in [0.4, 0.5) is 0 Å². The number of likely N-dealkylation sites (N-methyl/N-ethyl adjacent to an activating group) is 2. The summed E-state index contributed by atoms with van der Waals surface area (Å²) < 4.78 is 0. The molecule has 0 amide bonds. The Morgan fingerprint density at radius 1 is 1.09 bits per heavy atom. The maximum absolute atomic E-state index is 8.71. The first-order chi connectivity index (χ1) is 15.3. The summed E-state index contributed by atoms with van der Waals surface area (Å²) in [4.78, 5) is 2.88. The molecule has 0 radical (unpaired) electrons. The van der Waals surface area contributed by atoms with Gasteiger partial charge in [-0.3, -0.25) is 5.41 Å². The van der Waals surface area contributed by atoms with Crippen LogP contribution < -0.4 is 11.2 Å². The first-order valence-corrected chi connectivity index (χ1v) is 11.1. The lowest BCUT2D eigenvalue weighted by Gasteiger charge is -2.24. The van der Waals surface area contributed by atoms with Crippen LogP contribution in [0.2, 0.25) is 5.02 Å². The molecule has 0 saturated carbocycles. The van der Waals surface area contributed by atoms with E-state index in [-0.39, 0.29) is 0 Å². The lowest BCUT2D eigenvalue weighted by molar-refractivity contribution is 0.374. The molecule has 0 aromatic heterocycles. The second-order valence-corrected chi connectivity index (χ2v) is 8.32. The minimum atomic E-state index is 0.355. The van der Waals surface area contributed by atoms with Gasteiger partial charge >= 0.3 is 0 Å². The number of benzene rings is 2. The van der Waals surface area contributed by atoms with Gasteiger partial charge in [0, 0.05) is 31.1 Å². The van der Waals surface area contributed by atoms with Gasteiger partial charge in [0.2, 0.25) is 0 Å². The van der Waals surface area contributed by atoms with Crippen molar-refractivity contribution in [1.29, 1.82) is 5.41 Å². The molecule has 2 aromatic carbocycles. The lowest BCUT2D eigenvalue weighted by atomic mass is 10.1. The summed E-state index contributed by atoms with van der Waals surface area (Å²) in [6, 6.07) is 15.6. The van der Waals surface area contributed by atoms with Gasteiger partial charge in [-0.05, 0) is 54.5 Å². The molecule has 2 rings (SSSR count). The molecule has 0 spiro atoms. The third-order valence-corrected chi connectivity index (χ3v) is 5.66. The van der Waals surface area contributed by atoms with Gasteiger partial charge in [0.15, 0.2) is 0 Å². The van der Waals surface area contributed by atoms with Gasteiger partial charge in [-0.1, -0.05) is 59.8 Å². The largest absolute Gasteiger partial charge is 0.385 e. The summed E-state index contributed by atoms with van der Waals surface area (Å²) in [6.45, 7) is 1.94. The highest BCUT2D eigenvalue weighted by atomic mass is 35.5. The average Bonchev–Trinajstić information content (AvgIpc) is 2.79. The number of thioether (sulfide) groups is 1. The molecule has 8 heteroatoms. The number of hydrazine groups is 1. The average molecular weight is 469 g/mol. The highest BCUT2D eigenvalue weighted by molar-refractivity contribution is 8.03. The predicted octanol–water partition coefficient (Wildman–Crippen LogP) is 5.16. The molecule has 32 heavy (non-hydrogen) atoms. The van der Waals surface area contributed by atoms with Crippen molar-refractivity contribution in [2.24, 2.45) is 10.9 Å². The molecular formula is C24H29ClN6S. The van der Waals surface area contributed by atoms with E-state index in [1.807, 2.05) is 98.8 Å². The highest BCUT2D eigenvalue weighted by Gasteiger charge is 2.15. The Labute approximate surface area is 199 Å². The topological polar surface area (TPSA) is 80.7 Å². The van der Waals surface area contributed by atoms with Gasteiger partial charge in [-0.25, -0.2) is 11.0 Å². The van der Waals surface area contributed by atoms with Crippen LogP contribution in [0.25, 0.3) is 6.08 Å². The minimum Gasteiger partial charge on any atom is -0.385 e. The van der Waals surface area contributed by atoms with Crippen molar-refractivity contribution >= 4 is 41.5 Å². The first-order valence-electron chi connectivity index (χ1n) is 9.95. The number of nitrogens with one attached hydrogen (secondary N) is 2. The Morgan fingerprint density at radius 2 is 1.72 bits per heavy atom. The molecule has 0 aliphatic carbocycles. The van der Waals surface area contributed by atoms with Crippen LogP contribution in [0.5, 0.6) is 0 Å². The van der Waals surface area contributed by atoms with Gasteiger partial charge in [0.1, 0.15) is 5.84 Å². The molecule has 0 heterocycles. The van der Waals surface area contributed by atoms with Crippen molar-refractivity contribution in [1.82, 2.24) is 15.3 Å². The van der Waals surface area contributed by atoms with E-state index >= 15 is 0 Å². The SMILES string of the molecule is C/C=C\C=C(/NC)C(=N)N(C)/C(=C/c1ccc(/C=N/N(C)N)cc1)Sc1ccc(Cl)cc1. The Balaban J connectivity index is 2.38. The number of amidine groups is 1. The Bertz CT molecular complexity index is 1010. The standard InChI is InChI=1S/C24H29ClN6S/c1-5-6-7-22(28-2)24(26)30(3)23(32-21-14-12-20(25)13-15-21)16-18-8-10-19(11-9-18)17-29-31(4)27/h5-17,26,28H,27H2,1-4H3/b6-5-,22-7-,23-16-,26-24?,29-17+. The van der Waals surface area contributed by atoms with E-state index in [2.05, 4.69) is 10.4 Å². The fraction of sp³-hybridized carbons (Fsp3) is 0.167. The molecule has 0 aliphatic heterocycles. The summed E-state index contributed by atoms with van der Waals surface area (Å²) in [5, 5.41) is 18.7. The van der Waals surface area contributed by atoms with E-state index < -0.39 is 0 Å². The number of rotatable bonds is 9. The third-order valence-electron chi connectivity index (χ3n) is 4.30. The summed E-state index contributed by atoms with van der Waals surface area (Å²) in [6.07, 6.45) is 9.46. The number of hydrazone groups is 1. The minimum absolute atomic E-state index is 0.355. The maximum Gasteiger partial charge on any atom is 0.149 e. The monoisotopic (exact) mass is 468 g/mol. The van der Waals surface area contributed by atoms with Crippen LogP contribution in [0, 0.1) is 5.41 Å². The molecule has 0 bridgehead atoms. The van der Waals surface area contributed by atoms with E-state index in [1.54, 1.807) is 25.0 Å². The van der Waals surface area contributed by atoms with Crippen LogP contribution in [0.1, 0.15) is 18.1 Å². The highest BCUT2D eigenvalue weighted by Crippen LogP contribution is 2.31. The number of nitrogens with zero attached hydrogens (tertiary/aromatic N) is 3. The summed E-state index contributed by atoms with van der Waals surface area (Å²) in [5.74, 6) is 5.88. The van der Waals surface area contributed by atoms with Crippen molar-refractivity contribution in [2.45, 2.75) is 11.8 Å². The molecule has 0 atom stereocenters. The summed E-state index contributed by atoms with van der Waals surface area (Å²) in [7, 11) is 5.37. The molecule has 0 aliphatic rings. The number of allylic oxidation sites excluding steroid dienone is 3. The number of nitrogens with two attached hydrogens (primary N) is 1. The Hall–Kier alpha value is -3.00. The second-order valence-electron chi connectivity index (χ2n) is 6.79. The summed E-state index contributed by atoms with van der Waals surface area (Å²) in [5.41, 5.74) is 2.66. The van der Waals surface area contributed by atoms with Crippen molar-refractivity contribution in [2.75, 3.05) is 21.1 Å². The fourth-order valence-electron chi connectivity index (χ4n) is 2.56. The van der Waals surface area contributed by atoms with Crippen LogP contribution in [0.3, 0.4) is 0 Å². The zero-order chi connectivity index (χ0) is 23.5. The van der Waals surface area contributed by atoms with E-state index in [0.29, 0.717) is 16.6 Å². The quantitative estimate of drug-likeness (QED) is 0.118. The smallest absolute Gasteiger partial charge is 0.149 e. The maximum atomic E-state index is 8.71. The lowest BCUT2D eigenvalue weighted by Crippen LogP contribution is -2.30. The van der Waals surface area contributed by atoms with Crippen LogP contribution in [0.15, 0.2) is 87.5 Å². The van der Waals surface area contributed by atoms with E-state index in [4.69, 9.17) is 22.9 Å². The van der Waals surface area contributed by atoms with E-state index in [1.165, 1.54) is 5.12 Å². The zero-order valence-corrected chi connectivity index (χ0v) is 20.3. The molecule has 4 N–H and O–H groups in total. The van der Waals surface area contributed by atoms with E-state index in [0.717, 1.165) is 21.1 Å².